The maximum Gasteiger partial charge on any atom is 0.274 e. The van der Waals surface area contributed by atoms with Gasteiger partial charge in [-0.1, -0.05) is 0 Å². The SMILES string of the molecule is O=C(c1ccc(=O)[nH]n1)N1CCC(OCCCl)CC1. The molecule has 7 heteroatoms. The highest BCUT2D eigenvalue weighted by Gasteiger charge is 2.24. The second-order valence-corrected chi connectivity index (χ2v) is 4.74. The third-order valence-corrected chi connectivity index (χ3v) is 3.21. The molecule has 2 rings (SSSR count). The Morgan fingerprint density at radius 2 is 2.21 bits per heavy atom. The summed E-state index contributed by atoms with van der Waals surface area (Å²) >= 11 is 5.57. The number of halogens is 1. The van der Waals surface area contributed by atoms with Crippen molar-refractivity contribution in [2.45, 2.75) is 18.9 Å². The second kappa shape index (κ2) is 6.68. The Kier molecular flexibility index (Phi) is 4.93. The predicted octanol–water partition coefficient (Wildman–Crippen LogP) is 0.630. The first-order valence-electron chi connectivity index (χ1n) is 6.23. The molecule has 19 heavy (non-hydrogen) atoms. The van der Waals surface area contributed by atoms with E-state index in [-0.39, 0.29) is 23.3 Å². The van der Waals surface area contributed by atoms with Crippen LogP contribution in [0.1, 0.15) is 23.3 Å². The van der Waals surface area contributed by atoms with Gasteiger partial charge in [-0.25, -0.2) is 5.10 Å². The molecule has 6 nitrogen and oxygen atoms in total. The van der Waals surface area contributed by atoms with Crippen molar-refractivity contribution in [3.05, 3.63) is 28.2 Å². The minimum absolute atomic E-state index is 0.160. The summed E-state index contributed by atoms with van der Waals surface area (Å²) in [5.74, 6) is 0.326. The van der Waals surface area contributed by atoms with E-state index in [0.29, 0.717) is 25.6 Å². The van der Waals surface area contributed by atoms with E-state index in [1.807, 2.05) is 0 Å². The number of H-pyrrole nitrogens is 1. The van der Waals surface area contributed by atoms with Crippen LogP contribution in [0.4, 0.5) is 0 Å². The van der Waals surface area contributed by atoms with E-state index >= 15 is 0 Å². The van der Waals surface area contributed by atoms with E-state index in [0.717, 1.165) is 12.8 Å². The van der Waals surface area contributed by atoms with E-state index in [1.54, 1.807) is 4.90 Å². The van der Waals surface area contributed by atoms with E-state index < -0.39 is 0 Å². The number of carbonyl (C=O) groups is 1. The monoisotopic (exact) mass is 285 g/mol. The quantitative estimate of drug-likeness (QED) is 0.824. The lowest BCUT2D eigenvalue weighted by atomic mass is 10.1. The molecule has 1 aliphatic heterocycles. The lowest BCUT2D eigenvalue weighted by molar-refractivity contribution is 0.0152. The zero-order valence-electron chi connectivity index (χ0n) is 10.5. The molecule has 0 radical (unpaired) electrons. The molecule has 0 atom stereocenters. The molecule has 104 valence electrons. The number of amides is 1. The average Bonchev–Trinajstić information content (AvgIpc) is 2.46. The van der Waals surface area contributed by atoms with Crippen molar-refractivity contribution in [3.8, 4) is 0 Å². The molecule has 0 bridgehead atoms. The van der Waals surface area contributed by atoms with Gasteiger partial charge >= 0.3 is 0 Å². The lowest BCUT2D eigenvalue weighted by Crippen LogP contribution is -2.41. The first-order valence-corrected chi connectivity index (χ1v) is 6.76. The fourth-order valence-corrected chi connectivity index (χ4v) is 2.15. The molecule has 1 aromatic heterocycles. The van der Waals surface area contributed by atoms with Crippen LogP contribution < -0.4 is 5.56 Å². The van der Waals surface area contributed by atoms with Gasteiger partial charge in [-0.3, -0.25) is 9.59 Å². The van der Waals surface area contributed by atoms with Crippen molar-refractivity contribution in [1.29, 1.82) is 0 Å². The molecule has 0 unspecified atom stereocenters. The molecule has 1 amide bonds. The zero-order valence-corrected chi connectivity index (χ0v) is 11.2. The summed E-state index contributed by atoms with van der Waals surface area (Å²) in [7, 11) is 0. The van der Waals surface area contributed by atoms with E-state index in [1.165, 1.54) is 12.1 Å². The number of hydrogen-bond acceptors (Lipinski definition) is 4. The molecule has 0 spiro atoms. The van der Waals surface area contributed by atoms with Crippen molar-refractivity contribution in [1.82, 2.24) is 15.1 Å². The first kappa shape index (κ1) is 14.0. The van der Waals surface area contributed by atoms with Crippen LogP contribution in [-0.4, -0.2) is 52.7 Å². The number of ether oxygens (including phenoxy) is 1. The minimum atomic E-state index is -0.315. The number of aromatic nitrogens is 2. The van der Waals surface area contributed by atoms with Gasteiger partial charge in [0.05, 0.1) is 12.7 Å². The summed E-state index contributed by atoms with van der Waals surface area (Å²) in [6.07, 6.45) is 1.77. The van der Waals surface area contributed by atoms with Gasteiger partial charge in [0.2, 0.25) is 0 Å². The second-order valence-electron chi connectivity index (χ2n) is 4.36. The number of nitrogens with one attached hydrogen (secondary N) is 1. The highest BCUT2D eigenvalue weighted by Crippen LogP contribution is 2.15. The first-order chi connectivity index (χ1) is 9.20. The highest BCUT2D eigenvalue weighted by molar-refractivity contribution is 6.17. The summed E-state index contributed by atoms with van der Waals surface area (Å²) in [4.78, 5) is 24.7. The molecule has 1 aliphatic rings. The Morgan fingerprint density at radius 1 is 1.47 bits per heavy atom. The van der Waals surface area contributed by atoms with Crippen LogP contribution in [-0.2, 0) is 4.74 Å². The average molecular weight is 286 g/mol. The summed E-state index contributed by atoms with van der Waals surface area (Å²) in [6, 6.07) is 2.74. The molecule has 1 aromatic rings. The third-order valence-electron chi connectivity index (χ3n) is 3.06. The summed E-state index contributed by atoms with van der Waals surface area (Å²) in [5.41, 5.74) is -0.0514. The molecular formula is C12H16ClN3O3. The number of carbonyl (C=O) groups excluding carboxylic acids is 1. The predicted molar refractivity (Wildman–Crippen MR) is 70.5 cm³/mol. The van der Waals surface area contributed by atoms with Gasteiger partial charge in [-0.15, -0.1) is 11.6 Å². The number of rotatable bonds is 4. The summed E-state index contributed by atoms with van der Waals surface area (Å²) in [5, 5.41) is 6.01. The van der Waals surface area contributed by atoms with Crippen LogP contribution in [0.5, 0.6) is 0 Å². The Balaban J connectivity index is 1.88. The van der Waals surface area contributed by atoms with Crippen molar-refractivity contribution >= 4 is 17.5 Å². The van der Waals surface area contributed by atoms with Gasteiger partial charge in [0.15, 0.2) is 0 Å². The van der Waals surface area contributed by atoms with Crippen molar-refractivity contribution in [2.24, 2.45) is 0 Å². The van der Waals surface area contributed by atoms with Crippen LogP contribution in [0, 0.1) is 0 Å². The maximum atomic E-state index is 12.1. The highest BCUT2D eigenvalue weighted by atomic mass is 35.5. The van der Waals surface area contributed by atoms with Crippen LogP contribution in [0.15, 0.2) is 16.9 Å². The molecule has 0 aliphatic carbocycles. The summed E-state index contributed by atoms with van der Waals surface area (Å²) in [6.45, 7) is 1.81. The Bertz CT molecular complexity index is 463. The number of aromatic amines is 1. The van der Waals surface area contributed by atoms with Crippen LogP contribution >= 0.6 is 11.6 Å². The Hall–Kier alpha value is -1.40. The molecule has 1 N–H and O–H groups in total. The lowest BCUT2D eigenvalue weighted by Gasteiger charge is -2.31. The van der Waals surface area contributed by atoms with E-state index in [4.69, 9.17) is 16.3 Å². The maximum absolute atomic E-state index is 12.1. The zero-order chi connectivity index (χ0) is 13.7. The third kappa shape index (κ3) is 3.78. The van der Waals surface area contributed by atoms with Crippen LogP contribution in [0.25, 0.3) is 0 Å². The van der Waals surface area contributed by atoms with E-state index in [9.17, 15) is 9.59 Å². The fourth-order valence-electron chi connectivity index (χ4n) is 2.06. The van der Waals surface area contributed by atoms with Gasteiger partial charge in [-0.2, -0.15) is 5.10 Å². The molecule has 0 saturated carbocycles. The number of alkyl halides is 1. The largest absolute Gasteiger partial charge is 0.377 e. The molecule has 2 heterocycles. The fraction of sp³-hybridized carbons (Fsp3) is 0.583. The van der Waals surface area contributed by atoms with E-state index in [2.05, 4.69) is 10.2 Å². The number of nitrogens with zero attached hydrogens (tertiary/aromatic N) is 2. The van der Waals surface area contributed by atoms with Gasteiger partial charge in [0, 0.05) is 25.0 Å². The topological polar surface area (TPSA) is 75.3 Å². The number of likely N-dealkylation sites (tertiary alicyclic amines) is 1. The Morgan fingerprint density at radius 3 is 2.79 bits per heavy atom. The van der Waals surface area contributed by atoms with Gasteiger partial charge < -0.3 is 9.64 Å². The number of hydrogen-bond donors (Lipinski definition) is 1. The summed E-state index contributed by atoms with van der Waals surface area (Å²) < 4.78 is 5.55. The molecule has 0 aromatic carbocycles. The van der Waals surface area contributed by atoms with Crippen molar-refractivity contribution in [2.75, 3.05) is 25.6 Å². The number of piperidine rings is 1. The Labute approximate surface area is 115 Å². The van der Waals surface area contributed by atoms with Crippen molar-refractivity contribution < 1.29 is 9.53 Å². The van der Waals surface area contributed by atoms with Crippen LogP contribution in [0.3, 0.4) is 0 Å². The molecule has 1 fully saturated rings. The van der Waals surface area contributed by atoms with Crippen molar-refractivity contribution in [3.63, 3.8) is 0 Å². The molecular weight excluding hydrogens is 270 g/mol. The minimum Gasteiger partial charge on any atom is -0.377 e. The smallest absolute Gasteiger partial charge is 0.274 e. The van der Waals surface area contributed by atoms with Crippen LogP contribution in [0.2, 0.25) is 0 Å². The van der Waals surface area contributed by atoms with Gasteiger partial charge in [-0.05, 0) is 18.9 Å². The standard InChI is InChI=1S/C12H16ClN3O3/c13-5-8-19-9-3-6-16(7-4-9)12(18)10-1-2-11(17)15-14-10/h1-2,9H,3-8H2,(H,15,17). The molecule has 1 saturated heterocycles. The van der Waals surface area contributed by atoms with Gasteiger partial charge in [0.25, 0.3) is 11.5 Å². The normalized spacial score (nSPS) is 16.6. The van der Waals surface area contributed by atoms with Gasteiger partial charge in [0.1, 0.15) is 5.69 Å².